The third kappa shape index (κ3) is 5.91. The van der Waals surface area contributed by atoms with E-state index in [1.807, 2.05) is 0 Å². The van der Waals surface area contributed by atoms with Crippen LogP contribution in [0.3, 0.4) is 0 Å². The number of nitrogens with two attached hydrogens (primary N) is 1. The van der Waals surface area contributed by atoms with Crippen molar-refractivity contribution in [2.24, 2.45) is 11.7 Å². The van der Waals surface area contributed by atoms with Crippen LogP contribution in [0.4, 0.5) is 0 Å². The van der Waals surface area contributed by atoms with Crippen molar-refractivity contribution in [1.29, 1.82) is 0 Å². The zero-order chi connectivity index (χ0) is 19.0. The first-order valence-electron chi connectivity index (χ1n) is 7.74. The minimum absolute atomic E-state index is 0.0655. The third-order valence-electron chi connectivity index (χ3n) is 3.50. The number of rotatable bonds is 8. The number of hydrogen-bond donors (Lipinski definition) is 2. The summed E-state index contributed by atoms with van der Waals surface area (Å²) in [5.41, 5.74) is 5.70. The zero-order valence-corrected chi connectivity index (χ0v) is 14.4. The van der Waals surface area contributed by atoms with E-state index in [9.17, 15) is 19.2 Å². The molecule has 8 nitrogen and oxygen atoms in total. The van der Waals surface area contributed by atoms with Gasteiger partial charge in [0.05, 0.1) is 25.7 Å². The van der Waals surface area contributed by atoms with Crippen LogP contribution in [0, 0.1) is 5.92 Å². The molecule has 136 valence electrons. The Bertz CT molecular complexity index is 658. The predicted molar refractivity (Wildman–Crippen MR) is 88.6 cm³/mol. The van der Waals surface area contributed by atoms with Crippen molar-refractivity contribution < 1.29 is 28.7 Å². The molecule has 3 N–H and O–H groups in total. The van der Waals surface area contributed by atoms with Gasteiger partial charge in [0.15, 0.2) is 0 Å². The molecule has 0 aliphatic carbocycles. The normalized spacial score (nSPS) is 12.6. The Hall–Kier alpha value is -2.90. The molecule has 0 aliphatic heterocycles. The van der Waals surface area contributed by atoms with Gasteiger partial charge in [0.2, 0.25) is 5.91 Å². The first kappa shape index (κ1) is 20.1. The Morgan fingerprint density at radius 2 is 1.84 bits per heavy atom. The monoisotopic (exact) mass is 350 g/mol. The highest BCUT2D eigenvalue weighted by Crippen LogP contribution is 2.12. The van der Waals surface area contributed by atoms with Crippen LogP contribution in [0.25, 0.3) is 0 Å². The van der Waals surface area contributed by atoms with Crippen LogP contribution in [-0.2, 0) is 19.1 Å². The standard InChI is InChI=1S/C17H22N2O6/c1-4-25-13(20)8-10(2)14(15(18)21)19-16(22)11-6-5-7-12(9-11)17(23)24-3/h5-7,9-10,14H,4,8H2,1-3H3,(H2,18,21)(H,19,22)/t10-,14-/m1/s1. The summed E-state index contributed by atoms with van der Waals surface area (Å²) in [4.78, 5) is 47.1. The van der Waals surface area contributed by atoms with Crippen molar-refractivity contribution in [3.63, 3.8) is 0 Å². The Kier molecular flexibility index (Phi) is 7.58. The molecule has 0 fully saturated rings. The van der Waals surface area contributed by atoms with Crippen molar-refractivity contribution >= 4 is 23.8 Å². The number of methoxy groups -OCH3 is 1. The summed E-state index contributed by atoms with van der Waals surface area (Å²) in [6, 6.07) is 4.78. The smallest absolute Gasteiger partial charge is 0.337 e. The number of primary amides is 1. The van der Waals surface area contributed by atoms with Gasteiger partial charge in [0.25, 0.3) is 5.91 Å². The maximum Gasteiger partial charge on any atom is 0.337 e. The van der Waals surface area contributed by atoms with E-state index in [4.69, 9.17) is 10.5 Å². The van der Waals surface area contributed by atoms with Crippen LogP contribution in [0.15, 0.2) is 24.3 Å². The Morgan fingerprint density at radius 3 is 2.40 bits per heavy atom. The van der Waals surface area contributed by atoms with E-state index in [-0.39, 0.29) is 24.2 Å². The van der Waals surface area contributed by atoms with Gasteiger partial charge >= 0.3 is 11.9 Å². The fraction of sp³-hybridized carbons (Fsp3) is 0.412. The summed E-state index contributed by atoms with van der Waals surface area (Å²) < 4.78 is 9.43. The van der Waals surface area contributed by atoms with Crippen LogP contribution in [0.2, 0.25) is 0 Å². The van der Waals surface area contributed by atoms with Gasteiger partial charge in [0, 0.05) is 5.56 Å². The highest BCUT2D eigenvalue weighted by molar-refractivity contribution is 6.00. The van der Waals surface area contributed by atoms with E-state index in [0.29, 0.717) is 0 Å². The van der Waals surface area contributed by atoms with E-state index in [0.717, 1.165) is 0 Å². The molecule has 0 heterocycles. The fourth-order valence-electron chi connectivity index (χ4n) is 2.22. The summed E-state index contributed by atoms with van der Waals surface area (Å²) in [7, 11) is 1.23. The SMILES string of the molecule is CCOC(=O)C[C@@H](C)[C@@H](NC(=O)c1cccc(C(=O)OC)c1)C(N)=O. The van der Waals surface area contributed by atoms with Gasteiger partial charge in [-0.2, -0.15) is 0 Å². The molecule has 1 aromatic carbocycles. The lowest BCUT2D eigenvalue weighted by Crippen LogP contribution is -2.49. The van der Waals surface area contributed by atoms with Crippen molar-refractivity contribution in [1.82, 2.24) is 5.32 Å². The van der Waals surface area contributed by atoms with Gasteiger partial charge in [-0.25, -0.2) is 4.79 Å². The van der Waals surface area contributed by atoms with Crippen molar-refractivity contribution in [3.8, 4) is 0 Å². The van der Waals surface area contributed by atoms with Gasteiger partial charge < -0.3 is 20.5 Å². The first-order valence-corrected chi connectivity index (χ1v) is 7.74. The molecule has 8 heteroatoms. The molecule has 0 aromatic heterocycles. The van der Waals surface area contributed by atoms with Gasteiger partial charge in [-0.1, -0.05) is 13.0 Å². The van der Waals surface area contributed by atoms with Gasteiger partial charge in [-0.3, -0.25) is 14.4 Å². The summed E-state index contributed by atoms with van der Waals surface area (Å²) in [6.07, 6.45) is -0.0655. The minimum atomic E-state index is -1.06. The molecule has 0 saturated heterocycles. The van der Waals surface area contributed by atoms with E-state index in [1.165, 1.54) is 31.4 Å². The molecule has 0 saturated carbocycles. The molecule has 25 heavy (non-hydrogen) atoms. The summed E-state index contributed by atoms with van der Waals surface area (Å²) in [5.74, 6) is -2.98. The predicted octanol–water partition coefficient (Wildman–Crippen LogP) is 0.646. The molecule has 0 spiro atoms. The molecular formula is C17H22N2O6. The minimum Gasteiger partial charge on any atom is -0.466 e. The molecule has 0 unspecified atom stereocenters. The van der Waals surface area contributed by atoms with Crippen LogP contribution < -0.4 is 11.1 Å². The lowest BCUT2D eigenvalue weighted by atomic mass is 9.97. The number of hydrogen-bond acceptors (Lipinski definition) is 6. The second-order valence-electron chi connectivity index (χ2n) is 5.41. The maximum atomic E-state index is 12.4. The summed E-state index contributed by atoms with van der Waals surface area (Å²) in [5, 5.41) is 2.49. The van der Waals surface area contributed by atoms with Crippen molar-refractivity contribution in [2.75, 3.05) is 13.7 Å². The lowest BCUT2D eigenvalue weighted by Gasteiger charge is -2.21. The van der Waals surface area contributed by atoms with E-state index in [2.05, 4.69) is 10.1 Å². The molecule has 1 rings (SSSR count). The highest BCUT2D eigenvalue weighted by atomic mass is 16.5. The molecule has 2 amide bonds. The third-order valence-corrected chi connectivity index (χ3v) is 3.50. The number of nitrogens with one attached hydrogen (secondary N) is 1. The summed E-state index contributed by atoms with van der Waals surface area (Å²) >= 11 is 0. The molecule has 0 radical (unpaired) electrons. The number of ether oxygens (including phenoxy) is 2. The van der Waals surface area contributed by atoms with Gasteiger partial charge in [-0.05, 0) is 31.0 Å². The van der Waals surface area contributed by atoms with Crippen molar-refractivity contribution in [2.45, 2.75) is 26.3 Å². The molecule has 0 bridgehead atoms. The topological polar surface area (TPSA) is 125 Å². The lowest BCUT2D eigenvalue weighted by molar-refractivity contribution is -0.144. The molecule has 1 aromatic rings. The Morgan fingerprint density at radius 1 is 1.20 bits per heavy atom. The number of carbonyl (C=O) groups is 4. The second kappa shape index (κ2) is 9.41. The number of amides is 2. The zero-order valence-electron chi connectivity index (χ0n) is 14.4. The molecule has 0 aliphatic rings. The van der Waals surface area contributed by atoms with Crippen LogP contribution in [0.5, 0.6) is 0 Å². The average molecular weight is 350 g/mol. The maximum absolute atomic E-state index is 12.4. The van der Waals surface area contributed by atoms with Crippen LogP contribution in [-0.4, -0.2) is 43.5 Å². The second-order valence-corrected chi connectivity index (χ2v) is 5.41. The number of benzene rings is 1. The van der Waals surface area contributed by atoms with Crippen LogP contribution in [0.1, 0.15) is 41.0 Å². The van der Waals surface area contributed by atoms with E-state index >= 15 is 0 Å². The fourth-order valence-corrected chi connectivity index (χ4v) is 2.22. The van der Waals surface area contributed by atoms with Crippen LogP contribution >= 0.6 is 0 Å². The van der Waals surface area contributed by atoms with Gasteiger partial charge in [-0.15, -0.1) is 0 Å². The van der Waals surface area contributed by atoms with E-state index in [1.54, 1.807) is 13.8 Å². The molecular weight excluding hydrogens is 328 g/mol. The Labute approximate surface area is 145 Å². The van der Waals surface area contributed by atoms with Crippen molar-refractivity contribution in [3.05, 3.63) is 35.4 Å². The Balaban J connectivity index is 2.88. The number of carbonyl (C=O) groups excluding carboxylic acids is 4. The first-order chi connectivity index (χ1) is 11.8. The number of esters is 2. The largest absolute Gasteiger partial charge is 0.466 e. The highest BCUT2D eigenvalue weighted by Gasteiger charge is 2.27. The van der Waals surface area contributed by atoms with Gasteiger partial charge in [0.1, 0.15) is 6.04 Å². The molecule has 2 atom stereocenters. The van der Waals surface area contributed by atoms with E-state index < -0.39 is 35.7 Å². The summed E-state index contributed by atoms with van der Waals surface area (Å²) in [6.45, 7) is 3.50. The average Bonchev–Trinajstić information content (AvgIpc) is 2.58. The quantitative estimate of drug-likeness (QED) is 0.663.